The monoisotopic (exact) mass is 327 g/mol. The van der Waals surface area contributed by atoms with Crippen LogP contribution in [0.1, 0.15) is 12.7 Å². The number of nitrogens with one attached hydrogen (secondary N) is 1. The van der Waals surface area contributed by atoms with Crippen molar-refractivity contribution in [2.75, 3.05) is 5.73 Å². The number of benzene rings is 1. The Balaban J connectivity index is 2.38. The second kappa shape index (κ2) is 5.40. The first kappa shape index (κ1) is 13.5. The Morgan fingerprint density at radius 2 is 2.21 bits per heavy atom. The molecule has 3 N–H and O–H groups in total. The van der Waals surface area contributed by atoms with Crippen LogP contribution < -0.4 is 16.0 Å². The number of hydrogen-bond acceptors (Lipinski definition) is 4. The summed E-state index contributed by atoms with van der Waals surface area (Å²) >= 11 is 3.02. The number of aromatic nitrogens is 2. The molecule has 0 atom stereocenters. The second-order valence-electron chi connectivity index (χ2n) is 3.79. The fourth-order valence-electron chi connectivity index (χ4n) is 1.45. The molecule has 0 aliphatic heterocycles. The number of H-pyrrole nitrogens is 1. The highest BCUT2D eigenvalue weighted by Crippen LogP contribution is 2.30. The first-order chi connectivity index (χ1) is 8.99. The normalized spacial score (nSPS) is 10.5. The van der Waals surface area contributed by atoms with E-state index >= 15 is 0 Å². The minimum absolute atomic E-state index is 0.0778. The molecule has 0 spiro atoms. The van der Waals surface area contributed by atoms with Crippen molar-refractivity contribution in [3.63, 3.8) is 0 Å². The summed E-state index contributed by atoms with van der Waals surface area (Å²) < 4.78 is 19.0. The van der Waals surface area contributed by atoms with E-state index < -0.39 is 5.82 Å². The van der Waals surface area contributed by atoms with Gasteiger partial charge in [-0.05, 0) is 22.0 Å². The molecule has 0 saturated heterocycles. The lowest BCUT2D eigenvalue weighted by Crippen LogP contribution is -2.10. The third-order valence-corrected chi connectivity index (χ3v) is 2.98. The SMILES string of the molecule is CCc1nc(Oc2cc(F)c(Br)cc2N)cc(=O)[nH]1. The molecule has 0 radical (unpaired) electrons. The Hall–Kier alpha value is -1.89. The van der Waals surface area contributed by atoms with Gasteiger partial charge in [0.2, 0.25) is 5.88 Å². The van der Waals surface area contributed by atoms with Gasteiger partial charge in [0.05, 0.1) is 16.2 Å². The van der Waals surface area contributed by atoms with Crippen LogP contribution in [0.3, 0.4) is 0 Å². The van der Waals surface area contributed by atoms with Crippen molar-refractivity contribution in [2.45, 2.75) is 13.3 Å². The summed E-state index contributed by atoms with van der Waals surface area (Å²) in [5, 5.41) is 0. The van der Waals surface area contributed by atoms with Gasteiger partial charge in [0.25, 0.3) is 5.56 Å². The highest BCUT2D eigenvalue weighted by atomic mass is 79.9. The third-order valence-electron chi connectivity index (χ3n) is 2.37. The molecular weight excluding hydrogens is 317 g/mol. The van der Waals surface area contributed by atoms with Crippen LogP contribution >= 0.6 is 15.9 Å². The minimum Gasteiger partial charge on any atom is -0.436 e. The van der Waals surface area contributed by atoms with Crippen LogP contribution in [-0.2, 0) is 6.42 Å². The van der Waals surface area contributed by atoms with Crippen LogP contribution in [0.5, 0.6) is 11.6 Å². The Bertz CT molecular complexity index is 673. The number of hydrogen-bond donors (Lipinski definition) is 2. The molecule has 1 aromatic carbocycles. The van der Waals surface area contributed by atoms with Crippen molar-refractivity contribution in [1.29, 1.82) is 0 Å². The highest BCUT2D eigenvalue weighted by molar-refractivity contribution is 9.10. The molecule has 0 amide bonds. The topological polar surface area (TPSA) is 81.0 Å². The van der Waals surface area contributed by atoms with Crippen molar-refractivity contribution in [3.05, 3.63) is 44.7 Å². The number of nitrogens with two attached hydrogens (primary N) is 1. The van der Waals surface area contributed by atoms with Gasteiger partial charge in [-0.15, -0.1) is 0 Å². The summed E-state index contributed by atoms with van der Waals surface area (Å²) in [5.41, 5.74) is 5.62. The molecule has 0 aliphatic carbocycles. The summed E-state index contributed by atoms with van der Waals surface area (Å²) in [6, 6.07) is 3.70. The molecule has 1 heterocycles. The van der Waals surface area contributed by atoms with E-state index in [4.69, 9.17) is 10.5 Å². The minimum atomic E-state index is -0.509. The number of anilines is 1. The molecule has 0 bridgehead atoms. The van der Waals surface area contributed by atoms with Gasteiger partial charge in [0, 0.05) is 12.5 Å². The average molecular weight is 328 g/mol. The molecule has 1 aromatic heterocycles. The zero-order valence-electron chi connectivity index (χ0n) is 10.0. The predicted octanol–water partition coefficient (Wildman–Crippen LogP) is 2.61. The van der Waals surface area contributed by atoms with Crippen molar-refractivity contribution < 1.29 is 9.13 Å². The van der Waals surface area contributed by atoms with E-state index in [-0.39, 0.29) is 27.3 Å². The van der Waals surface area contributed by atoms with E-state index in [1.807, 2.05) is 6.92 Å². The van der Waals surface area contributed by atoms with E-state index in [1.165, 1.54) is 12.1 Å². The number of rotatable bonds is 3. The van der Waals surface area contributed by atoms with E-state index in [0.717, 1.165) is 6.07 Å². The highest BCUT2D eigenvalue weighted by Gasteiger charge is 2.10. The van der Waals surface area contributed by atoms with Crippen LogP contribution in [0.15, 0.2) is 27.5 Å². The maximum absolute atomic E-state index is 13.4. The number of ether oxygens (including phenoxy) is 1. The number of halogens is 2. The van der Waals surface area contributed by atoms with Crippen LogP contribution in [0.25, 0.3) is 0 Å². The number of nitrogen functional groups attached to an aromatic ring is 1. The molecule has 0 aliphatic rings. The van der Waals surface area contributed by atoms with E-state index in [0.29, 0.717) is 12.2 Å². The Kier molecular flexibility index (Phi) is 3.84. The first-order valence-electron chi connectivity index (χ1n) is 5.52. The summed E-state index contributed by atoms with van der Waals surface area (Å²) in [4.78, 5) is 18.0. The van der Waals surface area contributed by atoms with Gasteiger partial charge >= 0.3 is 0 Å². The van der Waals surface area contributed by atoms with Gasteiger partial charge in [-0.2, -0.15) is 4.98 Å². The lowest BCUT2D eigenvalue weighted by molar-refractivity contribution is 0.455. The van der Waals surface area contributed by atoms with Crippen molar-refractivity contribution >= 4 is 21.6 Å². The molecular formula is C12H11BrFN3O2. The fourth-order valence-corrected chi connectivity index (χ4v) is 1.81. The van der Waals surface area contributed by atoms with Crippen LogP contribution in [0, 0.1) is 5.82 Å². The largest absolute Gasteiger partial charge is 0.436 e. The Morgan fingerprint density at radius 3 is 2.89 bits per heavy atom. The fraction of sp³-hybridized carbons (Fsp3) is 0.167. The number of nitrogens with zero attached hydrogens (tertiary/aromatic N) is 1. The zero-order valence-corrected chi connectivity index (χ0v) is 11.6. The summed E-state index contributed by atoms with van der Waals surface area (Å²) in [5.74, 6) is 0.165. The van der Waals surface area contributed by atoms with Gasteiger partial charge in [0.15, 0.2) is 5.75 Å². The lowest BCUT2D eigenvalue weighted by atomic mass is 10.3. The Labute approximate surface area is 116 Å². The summed E-state index contributed by atoms with van der Waals surface area (Å²) in [6.45, 7) is 1.84. The van der Waals surface area contributed by atoms with Gasteiger partial charge < -0.3 is 15.5 Å². The standard InChI is InChI=1S/C12H11BrFN3O2/c1-2-10-16-11(18)5-12(17-10)19-9-4-7(14)6(13)3-8(9)15/h3-5H,2,15H2,1H3,(H,16,17,18). The molecule has 100 valence electrons. The lowest BCUT2D eigenvalue weighted by Gasteiger charge is -2.09. The maximum Gasteiger partial charge on any atom is 0.254 e. The van der Waals surface area contributed by atoms with Gasteiger partial charge in [-0.25, -0.2) is 4.39 Å². The molecule has 0 unspecified atom stereocenters. The Morgan fingerprint density at radius 1 is 1.47 bits per heavy atom. The van der Waals surface area contributed by atoms with Crippen molar-refractivity contribution in [1.82, 2.24) is 9.97 Å². The molecule has 19 heavy (non-hydrogen) atoms. The molecule has 0 saturated carbocycles. The van der Waals surface area contributed by atoms with E-state index in [2.05, 4.69) is 25.9 Å². The van der Waals surface area contributed by atoms with Crippen molar-refractivity contribution in [2.24, 2.45) is 0 Å². The molecule has 7 heteroatoms. The zero-order chi connectivity index (χ0) is 14.0. The number of aryl methyl sites for hydroxylation is 1. The van der Waals surface area contributed by atoms with E-state index in [9.17, 15) is 9.18 Å². The molecule has 5 nitrogen and oxygen atoms in total. The van der Waals surface area contributed by atoms with Crippen LogP contribution in [0.2, 0.25) is 0 Å². The van der Waals surface area contributed by atoms with Crippen LogP contribution in [-0.4, -0.2) is 9.97 Å². The number of aromatic amines is 1. The van der Waals surface area contributed by atoms with Crippen molar-refractivity contribution in [3.8, 4) is 11.6 Å². The van der Waals surface area contributed by atoms with E-state index in [1.54, 1.807) is 0 Å². The maximum atomic E-state index is 13.4. The summed E-state index contributed by atoms with van der Waals surface area (Å²) in [6.07, 6.45) is 0.552. The second-order valence-corrected chi connectivity index (χ2v) is 4.64. The van der Waals surface area contributed by atoms with Gasteiger partial charge in [0.1, 0.15) is 11.6 Å². The molecule has 0 fully saturated rings. The quantitative estimate of drug-likeness (QED) is 0.849. The smallest absolute Gasteiger partial charge is 0.254 e. The summed E-state index contributed by atoms with van der Waals surface area (Å²) in [7, 11) is 0. The molecule has 2 rings (SSSR count). The van der Waals surface area contributed by atoms with Crippen LogP contribution in [0.4, 0.5) is 10.1 Å². The first-order valence-corrected chi connectivity index (χ1v) is 6.31. The van der Waals surface area contributed by atoms with Gasteiger partial charge in [-0.3, -0.25) is 4.79 Å². The van der Waals surface area contributed by atoms with Gasteiger partial charge in [-0.1, -0.05) is 6.92 Å². The molecule has 2 aromatic rings. The predicted molar refractivity (Wildman–Crippen MR) is 72.8 cm³/mol. The third kappa shape index (κ3) is 3.11. The average Bonchev–Trinajstić information content (AvgIpc) is 2.35.